The molecule has 0 aliphatic carbocycles. The lowest BCUT2D eigenvalue weighted by Crippen LogP contribution is -2.14. The van der Waals surface area contributed by atoms with Crippen molar-refractivity contribution in [2.24, 2.45) is 0 Å². The summed E-state index contributed by atoms with van der Waals surface area (Å²) in [5, 5.41) is 21.1. The van der Waals surface area contributed by atoms with E-state index in [4.69, 9.17) is 14.2 Å². The van der Waals surface area contributed by atoms with Crippen LogP contribution < -0.4 is 19.5 Å². The number of hydrogen-bond acceptors (Lipinski definition) is 10. The van der Waals surface area contributed by atoms with Gasteiger partial charge in [0.05, 0.1) is 32.8 Å². The maximum absolute atomic E-state index is 12.1. The van der Waals surface area contributed by atoms with Crippen LogP contribution in [0.15, 0.2) is 29.3 Å². The summed E-state index contributed by atoms with van der Waals surface area (Å²) in [4.78, 5) is 12.1. The molecule has 0 spiro atoms. The topological polar surface area (TPSA) is 108 Å². The van der Waals surface area contributed by atoms with Crippen LogP contribution in [0.1, 0.15) is 11.9 Å². The van der Waals surface area contributed by atoms with E-state index >= 15 is 0 Å². The number of aryl methyl sites for hydroxylation is 1. The molecule has 9 nitrogen and oxygen atoms in total. The van der Waals surface area contributed by atoms with Crippen LogP contribution in [0.3, 0.4) is 0 Å². The molecule has 0 fully saturated rings. The molecule has 0 saturated carbocycles. The van der Waals surface area contributed by atoms with E-state index in [1.54, 1.807) is 33.5 Å². The van der Waals surface area contributed by atoms with Crippen molar-refractivity contribution in [1.29, 1.82) is 0 Å². The number of methoxy groups -OCH3 is 3. The van der Waals surface area contributed by atoms with Gasteiger partial charge < -0.3 is 14.2 Å². The first-order valence-electron chi connectivity index (χ1n) is 8.97. The molecule has 1 aromatic carbocycles. The fourth-order valence-corrected chi connectivity index (χ4v) is 3.83. The molecule has 3 rings (SSSR count). The first-order valence-corrected chi connectivity index (χ1v) is 10.8. The molecule has 30 heavy (non-hydrogen) atoms. The van der Waals surface area contributed by atoms with Gasteiger partial charge in [0.15, 0.2) is 11.5 Å². The largest absolute Gasteiger partial charge is 0.493 e. The Labute approximate surface area is 182 Å². The van der Waals surface area contributed by atoms with Crippen LogP contribution in [-0.2, 0) is 11.2 Å². The quantitative estimate of drug-likeness (QED) is 0.494. The number of benzene rings is 1. The highest BCUT2D eigenvalue weighted by atomic mass is 32.2. The van der Waals surface area contributed by atoms with E-state index in [0.717, 1.165) is 17.0 Å². The van der Waals surface area contributed by atoms with E-state index in [1.165, 1.54) is 23.1 Å². The summed E-state index contributed by atoms with van der Waals surface area (Å²) in [6, 6.07) is 7.24. The predicted molar refractivity (Wildman–Crippen MR) is 116 cm³/mol. The molecule has 0 atom stereocenters. The summed E-state index contributed by atoms with van der Waals surface area (Å²) < 4.78 is 16.1. The molecule has 0 radical (unpaired) electrons. The van der Waals surface area contributed by atoms with Gasteiger partial charge >= 0.3 is 0 Å². The summed E-state index contributed by atoms with van der Waals surface area (Å²) in [6.07, 6.45) is 0.788. The number of nitrogens with zero attached hydrogens (tertiary/aromatic N) is 4. The normalized spacial score (nSPS) is 10.5. The SMILES string of the molecule is CCc1nnc(NC(=O)CSc2ccc(-c3cc(OC)c(OC)c(OC)c3)nn2)s1. The molecule has 0 bridgehead atoms. The van der Waals surface area contributed by atoms with Crippen LogP contribution in [0.5, 0.6) is 17.2 Å². The van der Waals surface area contributed by atoms with Crippen LogP contribution in [0, 0.1) is 0 Å². The van der Waals surface area contributed by atoms with Gasteiger partial charge in [-0.05, 0) is 30.7 Å². The summed E-state index contributed by atoms with van der Waals surface area (Å²) in [5.74, 6) is 1.60. The zero-order valence-electron chi connectivity index (χ0n) is 17.0. The van der Waals surface area contributed by atoms with Gasteiger partial charge in [-0.2, -0.15) is 0 Å². The Balaban J connectivity index is 1.65. The maximum Gasteiger partial charge on any atom is 0.236 e. The van der Waals surface area contributed by atoms with E-state index in [2.05, 4.69) is 25.7 Å². The average Bonchev–Trinajstić information content (AvgIpc) is 3.24. The number of ether oxygens (including phenoxy) is 3. The molecule has 2 heterocycles. The molecule has 158 valence electrons. The molecule has 1 N–H and O–H groups in total. The number of carbonyl (C=O) groups excluding carboxylic acids is 1. The van der Waals surface area contributed by atoms with Crippen molar-refractivity contribution in [2.75, 3.05) is 32.4 Å². The lowest BCUT2D eigenvalue weighted by atomic mass is 10.1. The van der Waals surface area contributed by atoms with Gasteiger partial charge in [0.25, 0.3) is 0 Å². The Bertz CT molecular complexity index is 985. The highest BCUT2D eigenvalue weighted by Crippen LogP contribution is 2.40. The zero-order chi connectivity index (χ0) is 21.5. The van der Waals surface area contributed by atoms with E-state index in [1.807, 2.05) is 19.1 Å². The van der Waals surface area contributed by atoms with Crippen LogP contribution in [0.4, 0.5) is 5.13 Å². The second kappa shape index (κ2) is 10.2. The van der Waals surface area contributed by atoms with Crippen molar-refractivity contribution in [3.63, 3.8) is 0 Å². The number of thioether (sulfide) groups is 1. The fraction of sp³-hybridized carbons (Fsp3) is 0.316. The van der Waals surface area contributed by atoms with Crippen molar-refractivity contribution in [3.05, 3.63) is 29.3 Å². The number of carbonyl (C=O) groups is 1. The van der Waals surface area contributed by atoms with Crippen molar-refractivity contribution in [2.45, 2.75) is 18.4 Å². The molecular weight excluding hydrogens is 426 g/mol. The van der Waals surface area contributed by atoms with E-state index in [9.17, 15) is 4.79 Å². The number of anilines is 1. The Hall–Kier alpha value is -2.92. The van der Waals surface area contributed by atoms with Crippen molar-refractivity contribution < 1.29 is 19.0 Å². The number of nitrogens with one attached hydrogen (secondary N) is 1. The first-order chi connectivity index (χ1) is 14.6. The molecule has 0 aliphatic heterocycles. The first kappa shape index (κ1) is 21.8. The average molecular weight is 448 g/mol. The monoisotopic (exact) mass is 447 g/mol. The summed E-state index contributed by atoms with van der Waals surface area (Å²) in [7, 11) is 4.67. The third-order valence-corrected chi connectivity index (χ3v) is 5.87. The smallest absolute Gasteiger partial charge is 0.236 e. The Morgan fingerprint density at radius 1 is 1.03 bits per heavy atom. The maximum atomic E-state index is 12.1. The molecule has 11 heteroatoms. The van der Waals surface area contributed by atoms with Crippen LogP contribution in [-0.4, -0.2) is 53.4 Å². The van der Waals surface area contributed by atoms with E-state index in [-0.39, 0.29) is 11.7 Å². The fourth-order valence-electron chi connectivity index (χ4n) is 2.52. The summed E-state index contributed by atoms with van der Waals surface area (Å²) >= 11 is 2.66. The Morgan fingerprint density at radius 3 is 2.30 bits per heavy atom. The van der Waals surface area contributed by atoms with Gasteiger partial charge in [0.1, 0.15) is 10.0 Å². The third kappa shape index (κ3) is 5.16. The predicted octanol–water partition coefficient (Wildman–Crippen LogP) is 3.31. The van der Waals surface area contributed by atoms with Gasteiger partial charge in [0, 0.05) is 5.56 Å². The summed E-state index contributed by atoms with van der Waals surface area (Å²) in [6.45, 7) is 1.99. The molecular formula is C19H21N5O4S2. The van der Waals surface area contributed by atoms with Crippen molar-refractivity contribution in [1.82, 2.24) is 20.4 Å². The molecule has 0 unspecified atom stereocenters. The minimum absolute atomic E-state index is 0.172. The lowest BCUT2D eigenvalue weighted by Gasteiger charge is -2.13. The van der Waals surface area contributed by atoms with Crippen molar-refractivity contribution in [3.8, 4) is 28.5 Å². The second-order valence-corrected chi connectivity index (χ2v) is 7.92. The minimum atomic E-state index is -0.172. The van der Waals surface area contributed by atoms with Gasteiger partial charge in [0.2, 0.25) is 16.8 Å². The number of rotatable bonds is 9. The van der Waals surface area contributed by atoms with E-state index < -0.39 is 0 Å². The Morgan fingerprint density at radius 2 is 1.77 bits per heavy atom. The van der Waals surface area contributed by atoms with Gasteiger partial charge in [-0.15, -0.1) is 20.4 Å². The third-order valence-electron chi connectivity index (χ3n) is 3.97. The van der Waals surface area contributed by atoms with Crippen LogP contribution in [0.2, 0.25) is 0 Å². The van der Waals surface area contributed by atoms with Crippen molar-refractivity contribution >= 4 is 34.1 Å². The molecule has 0 saturated heterocycles. The highest BCUT2D eigenvalue weighted by molar-refractivity contribution is 7.99. The number of aromatic nitrogens is 4. The van der Waals surface area contributed by atoms with E-state index in [0.29, 0.717) is 33.1 Å². The lowest BCUT2D eigenvalue weighted by molar-refractivity contribution is -0.113. The molecule has 0 aliphatic rings. The van der Waals surface area contributed by atoms with Gasteiger partial charge in [-0.3, -0.25) is 10.1 Å². The highest BCUT2D eigenvalue weighted by Gasteiger charge is 2.15. The standard InChI is InChI=1S/C19H21N5O4S2/c1-5-16-22-24-19(30-16)20-15(25)10-29-17-7-6-12(21-23-17)11-8-13(26-2)18(28-4)14(9-11)27-3/h6-9H,5,10H2,1-4H3,(H,20,24,25). The molecule has 1 amide bonds. The number of hydrogen-bond donors (Lipinski definition) is 1. The zero-order valence-corrected chi connectivity index (χ0v) is 18.6. The Kier molecular flexibility index (Phi) is 7.41. The molecule has 2 aromatic heterocycles. The summed E-state index contributed by atoms with van der Waals surface area (Å²) in [5.41, 5.74) is 1.42. The second-order valence-electron chi connectivity index (χ2n) is 5.86. The minimum Gasteiger partial charge on any atom is -0.493 e. The van der Waals surface area contributed by atoms with Crippen LogP contribution >= 0.6 is 23.1 Å². The number of amides is 1. The van der Waals surface area contributed by atoms with Gasteiger partial charge in [-0.25, -0.2) is 0 Å². The van der Waals surface area contributed by atoms with Crippen LogP contribution in [0.25, 0.3) is 11.3 Å². The van der Waals surface area contributed by atoms with Gasteiger partial charge in [-0.1, -0.05) is 30.0 Å². The molecule has 3 aromatic rings.